The molecule has 0 spiro atoms. The highest BCUT2D eigenvalue weighted by atomic mass is 16.5. The zero-order valence-electron chi connectivity index (χ0n) is 40.9. The van der Waals surface area contributed by atoms with E-state index < -0.39 is 0 Å². The van der Waals surface area contributed by atoms with Crippen LogP contribution in [0.2, 0.25) is 0 Å². The van der Waals surface area contributed by atoms with E-state index in [2.05, 4.69) is 32.6 Å². The smallest absolute Gasteiger partial charge is 0.308 e. The first-order chi connectivity index (χ1) is 29.9. The molecule has 61 heavy (non-hydrogen) atoms. The third-order valence-electron chi connectivity index (χ3n) is 13.1. The molecule has 0 N–H and O–H groups in total. The maximum Gasteiger partial charge on any atom is 0.308 e. The molecule has 0 saturated carbocycles. The molecule has 0 aromatic rings. The van der Waals surface area contributed by atoms with E-state index in [1.807, 2.05) is 0 Å². The first-order valence-corrected chi connectivity index (χ1v) is 26.7. The fourth-order valence-corrected chi connectivity index (χ4v) is 8.94. The highest BCUT2D eigenvalue weighted by Gasteiger charge is 2.20. The van der Waals surface area contributed by atoms with Crippen LogP contribution in [-0.4, -0.2) is 75.5 Å². The SMILES string of the molecule is CCCCCC(CCCCC)CCOC(=O)CCCCCCCCC(CCCCCCCCC(=O)OCCC(CCCCC)CCCCC)C(=O)OCCCN1CCOCC1. The molecule has 8 nitrogen and oxygen atoms in total. The van der Waals surface area contributed by atoms with Gasteiger partial charge in [-0.15, -0.1) is 0 Å². The number of nitrogens with zero attached hydrogens (tertiary/aromatic N) is 1. The monoisotopic (exact) mass is 864 g/mol. The van der Waals surface area contributed by atoms with Crippen LogP contribution < -0.4 is 0 Å². The topological polar surface area (TPSA) is 91.4 Å². The fourth-order valence-electron chi connectivity index (χ4n) is 8.94. The van der Waals surface area contributed by atoms with Gasteiger partial charge in [0.05, 0.1) is 39.0 Å². The average molecular weight is 864 g/mol. The molecule has 8 heteroatoms. The lowest BCUT2D eigenvalue weighted by Gasteiger charge is -2.26. The number of ether oxygens (including phenoxy) is 4. The summed E-state index contributed by atoms with van der Waals surface area (Å²) < 4.78 is 22.6. The standard InChI is InChI=1S/C53H101NO7/c1-5-9-21-30-48(31-22-10-6-2)38-44-59-51(55)36-27-19-15-13-17-25-34-50(53(57)61-43-29-40-54-41-46-58-47-42-54)35-26-18-14-16-20-28-37-52(56)60-45-39-49(32-23-11-7-3)33-24-12-8-4/h48-50H,5-47H2,1-4H3. The van der Waals surface area contributed by atoms with E-state index in [0.717, 1.165) is 142 Å². The summed E-state index contributed by atoms with van der Waals surface area (Å²) in [4.78, 5) is 40.5. The minimum atomic E-state index is -0.0306. The van der Waals surface area contributed by atoms with Gasteiger partial charge in [0.1, 0.15) is 0 Å². The first kappa shape index (κ1) is 57.3. The minimum Gasteiger partial charge on any atom is -0.466 e. The van der Waals surface area contributed by atoms with Crippen molar-refractivity contribution >= 4 is 17.9 Å². The molecular formula is C53H101NO7. The van der Waals surface area contributed by atoms with E-state index in [9.17, 15) is 14.4 Å². The molecule has 0 aromatic carbocycles. The van der Waals surface area contributed by atoms with Gasteiger partial charge in [0.25, 0.3) is 0 Å². The third kappa shape index (κ3) is 36.4. The predicted octanol–water partition coefficient (Wildman–Crippen LogP) is 14.5. The quantitative estimate of drug-likeness (QED) is 0.0340. The van der Waals surface area contributed by atoms with E-state index >= 15 is 0 Å². The highest BCUT2D eigenvalue weighted by molar-refractivity contribution is 5.72. The van der Waals surface area contributed by atoms with Crippen molar-refractivity contribution in [2.45, 2.75) is 252 Å². The molecule has 0 amide bonds. The number of esters is 3. The van der Waals surface area contributed by atoms with Crippen molar-refractivity contribution < 1.29 is 33.3 Å². The Labute approximate surface area is 377 Å². The summed E-state index contributed by atoms with van der Waals surface area (Å²) in [6, 6.07) is 0. The second kappa shape index (κ2) is 43.6. The highest BCUT2D eigenvalue weighted by Crippen LogP contribution is 2.24. The molecule has 0 radical (unpaired) electrons. The van der Waals surface area contributed by atoms with Crippen molar-refractivity contribution in [1.82, 2.24) is 4.90 Å². The van der Waals surface area contributed by atoms with E-state index in [1.165, 1.54) is 103 Å². The molecular weight excluding hydrogens is 763 g/mol. The van der Waals surface area contributed by atoms with Gasteiger partial charge in [0.15, 0.2) is 0 Å². The second-order valence-electron chi connectivity index (χ2n) is 18.7. The molecule has 1 heterocycles. The van der Waals surface area contributed by atoms with Crippen molar-refractivity contribution in [1.29, 1.82) is 0 Å². The van der Waals surface area contributed by atoms with Gasteiger partial charge in [0, 0.05) is 32.5 Å². The Bertz CT molecular complexity index is 908. The van der Waals surface area contributed by atoms with Crippen LogP contribution in [0.3, 0.4) is 0 Å². The van der Waals surface area contributed by atoms with Gasteiger partial charge in [-0.2, -0.15) is 0 Å². The average Bonchev–Trinajstić information content (AvgIpc) is 3.26. The maximum absolute atomic E-state index is 13.2. The molecule has 1 saturated heterocycles. The van der Waals surface area contributed by atoms with Crippen LogP contribution in [0.1, 0.15) is 252 Å². The third-order valence-corrected chi connectivity index (χ3v) is 13.1. The van der Waals surface area contributed by atoms with Gasteiger partial charge >= 0.3 is 17.9 Å². The molecule has 1 aliphatic heterocycles. The minimum absolute atomic E-state index is 0.0134. The fraction of sp³-hybridized carbons (Fsp3) is 0.943. The predicted molar refractivity (Wildman–Crippen MR) is 255 cm³/mol. The number of hydrogen-bond acceptors (Lipinski definition) is 8. The number of morpholine rings is 1. The van der Waals surface area contributed by atoms with Crippen molar-refractivity contribution in [2.24, 2.45) is 17.8 Å². The van der Waals surface area contributed by atoms with E-state index in [0.29, 0.717) is 44.5 Å². The largest absolute Gasteiger partial charge is 0.466 e. The van der Waals surface area contributed by atoms with Crippen molar-refractivity contribution in [3.05, 3.63) is 0 Å². The van der Waals surface area contributed by atoms with Crippen LogP contribution in [0.15, 0.2) is 0 Å². The summed E-state index contributed by atoms with van der Waals surface area (Å²) in [6.45, 7) is 15.1. The van der Waals surface area contributed by atoms with Gasteiger partial charge in [-0.05, 0) is 56.8 Å². The summed E-state index contributed by atoms with van der Waals surface area (Å²) in [7, 11) is 0. The van der Waals surface area contributed by atoms with Crippen LogP contribution in [0, 0.1) is 17.8 Å². The van der Waals surface area contributed by atoms with Crippen LogP contribution in [0.25, 0.3) is 0 Å². The zero-order chi connectivity index (χ0) is 44.3. The summed E-state index contributed by atoms with van der Waals surface area (Å²) >= 11 is 0. The summed E-state index contributed by atoms with van der Waals surface area (Å²) in [5.41, 5.74) is 0. The van der Waals surface area contributed by atoms with Gasteiger partial charge in [-0.3, -0.25) is 19.3 Å². The maximum atomic E-state index is 13.2. The Morgan fingerprint density at radius 2 is 0.803 bits per heavy atom. The summed E-state index contributed by atoms with van der Waals surface area (Å²) in [6.07, 6.45) is 39.0. The molecule has 0 aromatic heterocycles. The van der Waals surface area contributed by atoms with Crippen molar-refractivity contribution in [3.8, 4) is 0 Å². The van der Waals surface area contributed by atoms with Gasteiger partial charge in [0.2, 0.25) is 0 Å². The van der Waals surface area contributed by atoms with Crippen LogP contribution in [-0.2, 0) is 33.3 Å². The van der Waals surface area contributed by atoms with Gasteiger partial charge < -0.3 is 18.9 Å². The Hall–Kier alpha value is -1.67. The van der Waals surface area contributed by atoms with Crippen LogP contribution in [0.4, 0.5) is 0 Å². The van der Waals surface area contributed by atoms with E-state index in [4.69, 9.17) is 18.9 Å². The van der Waals surface area contributed by atoms with Crippen LogP contribution in [0.5, 0.6) is 0 Å². The molecule has 0 unspecified atom stereocenters. The lowest BCUT2D eigenvalue weighted by atomic mass is 9.92. The molecule has 360 valence electrons. The number of hydrogen-bond donors (Lipinski definition) is 0. The zero-order valence-corrected chi connectivity index (χ0v) is 40.9. The second-order valence-corrected chi connectivity index (χ2v) is 18.7. The molecule has 1 rings (SSSR count). The Kier molecular flexibility index (Phi) is 41.0. The summed E-state index contributed by atoms with van der Waals surface area (Å²) in [5, 5.41) is 0. The number of carbonyl (C=O) groups excluding carboxylic acids is 3. The lowest BCUT2D eigenvalue weighted by Crippen LogP contribution is -2.37. The number of carbonyl (C=O) groups is 3. The molecule has 0 aliphatic carbocycles. The van der Waals surface area contributed by atoms with Crippen molar-refractivity contribution in [2.75, 3.05) is 52.7 Å². The Morgan fingerprint density at radius 3 is 1.21 bits per heavy atom. The molecule has 1 aliphatic rings. The normalized spacial score (nSPS) is 13.4. The number of unbranched alkanes of at least 4 members (excludes halogenated alkanes) is 18. The Morgan fingerprint density at radius 1 is 0.426 bits per heavy atom. The lowest BCUT2D eigenvalue weighted by molar-refractivity contribution is -0.149. The van der Waals surface area contributed by atoms with E-state index in [-0.39, 0.29) is 23.8 Å². The summed E-state index contributed by atoms with van der Waals surface area (Å²) in [5.74, 6) is 1.29. The van der Waals surface area contributed by atoms with Crippen LogP contribution >= 0.6 is 0 Å². The number of rotatable bonds is 45. The van der Waals surface area contributed by atoms with Crippen molar-refractivity contribution in [3.63, 3.8) is 0 Å². The first-order valence-electron chi connectivity index (χ1n) is 26.7. The molecule has 0 atom stereocenters. The molecule has 1 fully saturated rings. The Balaban J connectivity index is 2.29. The van der Waals surface area contributed by atoms with E-state index in [1.54, 1.807) is 0 Å². The molecule has 0 bridgehead atoms. The van der Waals surface area contributed by atoms with Gasteiger partial charge in [-0.25, -0.2) is 0 Å². The van der Waals surface area contributed by atoms with Gasteiger partial charge in [-0.1, -0.05) is 195 Å².